The normalized spacial score (nSPS) is 5.50. The van der Waals surface area contributed by atoms with Crippen molar-refractivity contribution in [2.75, 3.05) is 0 Å². The van der Waals surface area contributed by atoms with E-state index in [1.165, 1.54) is 0 Å². The van der Waals surface area contributed by atoms with Crippen molar-refractivity contribution in [1.82, 2.24) is 0 Å². The first-order chi connectivity index (χ1) is 2.64. The molecule has 8 heavy (non-hydrogen) atoms. The third-order valence-corrected chi connectivity index (χ3v) is 0.183. The van der Waals surface area contributed by atoms with Crippen LogP contribution in [0.15, 0.2) is 0 Å². The quantitative estimate of drug-likeness (QED) is 0.430. The van der Waals surface area contributed by atoms with Gasteiger partial charge in [0, 0.05) is 43.3 Å². The van der Waals surface area contributed by atoms with Crippen LogP contribution in [0.2, 0.25) is 0 Å². The van der Waals surface area contributed by atoms with Crippen LogP contribution in [0.3, 0.4) is 0 Å². The minimum Gasteiger partial charge on any atom is -0.473 e. The second-order valence-electron chi connectivity index (χ2n) is 0.610. The maximum absolute atomic E-state index is 9.10. The van der Waals surface area contributed by atoms with Gasteiger partial charge in [0.2, 0.25) is 0 Å². The number of carboxylic acid groups (broad SMARTS) is 2. The number of rotatable bonds is 0. The summed E-state index contributed by atoms with van der Waals surface area (Å²) in [6.45, 7) is 0. The number of aliphatic carboxylic acids is 2. The summed E-state index contributed by atoms with van der Waals surface area (Å²) in [7, 11) is 0. The van der Waals surface area contributed by atoms with Gasteiger partial charge in [-0.25, -0.2) is 9.59 Å². The summed E-state index contributed by atoms with van der Waals surface area (Å²) < 4.78 is 0. The fourth-order valence-corrected chi connectivity index (χ4v) is 0. The van der Waals surface area contributed by atoms with E-state index in [-0.39, 0.29) is 43.3 Å². The molecule has 0 unspecified atom stereocenters. The molecular formula is C2H2CuO4Zr. The van der Waals surface area contributed by atoms with E-state index < -0.39 is 11.9 Å². The Balaban J connectivity index is -0.000000125. The van der Waals surface area contributed by atoms with Gasteiger partial charge in [0.15, 0.2) is 0 Å². The van der Waals surface area contributed by atoms with Crippen molar-refractivity contribution in [3.05, 3.63) is 0 Å². The van der Waals surface area contributed by atoms with Gasteiger partial charge in [-0.2, -0.15) is 0 Å². The second kappa shape index (κ2) is 7.34. The van der Waals surface area contributed by atoms with Crippen LogP contribution in [-0.4, -0.2) is 22.2 Å². The molecule has 0 aromatic heterocycles. The van der Waals surface area contributed by atoms with Gasteiger partial charge in [-0.05, 0) is 0 Å². The molecule has 0 aliphatic carbocycles. The Morgan fingerprint density at radius 1 is 1.00 bits per heavy atom. The van der Waals surface area contributed by atoms with Gasteiger partial charge in [0.25, 0.3) is 0 Å². The van der Waals surface area contributed by atoms with Crippen LogP contribution >= 0.6 is 0 Å². The molecule has 6 heteroatoms. The van der Waals surface area contributed by atoms with Crippen molar-refractivity contribution >= 4 is 11.9 Å². The Morgan fingerprint density at radius 3 is 1.12 bits per heavy atom. The summed E-state index contributed by atoms with van der Waals surface area (Å²) in [5, 5.41) is 14.8. The topological polar surface area (TPSA) is 74.6 Å². The van der Waals surface area contributed by atoms with E-state index >= 15 is 0 Å². The van der Waals surface area contributed by atoms with Crippen molar-refractivity contribution in [3.63, 3.8) is 0 Å². The molecule has 2 N–H and O–H groups in total. The molecular weight excluding hydrogens is 243 g/mol. The molecule has 49 valence electrons. The zero-order chi connectivity index (χ0) is 5.15. The summed E-state index contributed by atoms with van der Waals surface area (Å²) in [5.41, 5.74) is 0. The van der Waals surface area contributed by atoms with Gasteiger partial charge in [-0.1, -0.05) is 0 Å². The van der Waals surface area contributed by atoms with Crippen LogP contribution in [0.5, 0.6) is 0 Å². The van der Waals surface area contributed by atoms with E-state index in [0.29, 0.717) is 0 Å². The molecule has 0 rings (SSSR count). The van der Waals surface area contributed by atoms with E-state index in [0.717, 1.165) is 0 Å². The molecule has 0 heterocycles. The third kappa shape index (κ3) is 9.60. The number of hydrogen-bond acceptors (Lipinski definition) is 2. The molecule has 4 nitrogen and oxygen atoms in total. The Morgan fingerprint density at radius 2 is 1.12 bits per heavy atom. The first-order valence-corrected chi connectivity index (χ1v) is 1.11. The fraction of sp³-hybridized carbons (Fsp3) is 0. The minimum atomic E-state index is -1.82. The summed E-state index contributed by atoms with van der Waals surface area (Å²) in [5.74, 6) is -3.65. The molecule has 0 atom stereocenters. The van der Waals surface area contributed by atoms with E-state index in [2.05, 4.69) is 0 Å². The van der Waals surface area contributed by atoms with Gasteiger partial charge in [0.05, 0.1) is 0 Å². The molecule has 0 amide bonds. The number of carboxylic acids is 2. The first-order valence-electron chi connectivity index (χ1n) is 1.11. The Kier molecular flexibility index (Phi) is 14.5. The molecule has 0 bridgehead atoms. The van der Waals surface area contributed by atoms with Crippen molar-refractivity contribution in [1.29, 1.82) is 0 Å². The molecule has 0 aromatic carbocycles. The average Bonchev–Trinajstić information content (AvgIpc) is 1.36. The smallest absolute Gasteiger partial charge is 0.414 e. The molecule has 0 fully saturated rings. The predicted molar refractivity (Wildman–Crippen MR) is 15.3 cm³/mol. The number of carbonyl (C=O) groups is 2. The summed E-state index contributed by atoms with van der Waals surface area (Å²) in [6.07, 6.45) is 0. The van der Waals surface area contributed by atoms with E-state index in [4.69, 9.17) is 19.8 Å². The van der Waals surface area contributed by atoms with Gasteiger partial charge in [0.1, 0.15) is 0 Å². The van der Waals surface area contributed by atoms with Gasteiger partial charge < -0.3 is 10.2 Å². The van der Waals surface area contributed by atoms with Crippen LogP contribution in [0, 0.1) is 0 Å². The van der Waals surface area contributed by atoms with Crippen molar-refractivity contribution in [2.45, 2.75) is 0 Å². The molecule has 0 aliphatic heterocycles. The Bertz CT molecular complexity index is 80.0. The summed E-state index contributed by atoms with van der Waals surface area (Å²) in [6, 6.07) is 0. The Labute approximate surface area is 74.9 Å². The minimum absolute atomic E-state index is 0. The van der Waals surface area contributed by atoms with Gasteiger partial charge in [-0.15, -0.1) is 0 Å². The van der Waals surface area contributed by atoms with Gasteiger partial charge in [-0.3, -0.25) is 0 Å². The largest absolute Gasteiger partial charge is 0.473 e. The van der Waals surface area contributed by atoms with Gasteiger partial charge >= 0.3 is 11.9 Å². The molecule has 0 saturated heterocycles. The van der Waals surface area contributed by atoms with Crippen LogP contribution in [-0.2, 0) is 52.9 Å². The monoisotopic (exact) mass is 243 g/mol. The van der Waals surface area contributed by atoms with Crippen molar-refractivity contribution in [3.8, 4) is 0 Å². The molecule has 0 aromatic rings. The fourth-order valence-electron chi connectivity index (χ4n) is 0. The van der Waals surface area contributed by atoms with Crippen LogP contribution in [0.4, 0.5) is 0 Å². The van der Waals surface area contributed by atoms with E-state index in [9.17, 15) is 0 Å². The zero-order valence-electron chi connectivity index (χ0n) is 3.51. The van der Waals surface area contributed by atoms with Crippen LogP contribution in [0.1, 0.15) is 0 Å². The maximum Gasteiger partial charge on any atom is 0.414 e. The summed E-state index contributed by atoms with van der Waals surface area (Å²) >= 11 is 0. The second-order valence-corrected chi connectivity index (χ2v) is 0.610. The number of hydrogen-bond donors (Lipinski definition) is 2. The molecule has 0 saturated carbocycles. The standard InChI is InChI=1S/C2H2O4.Cu.Zr/c3-1(4)2(5)6;;/h(H,3,4)(H,5,6);;. The molecule has 0 aliphatic rings. The maximum atomic E-state index is 9.10. The van der Waals surface area contributed by atoms with E-state index in [1.807, 2.05) is 0 Å². The third-order valence-electron chi connectivity index (χ3n) is 0.183. The SMILES string of the molecule is O=C(O)C(=O)O.[Cu].[Zr]. The van der Waals surface area contributed by atoms with E-state index in [1.54, 1.807) is 0 Å². The average molecular weight is 245 g/mol. The molecule has 0 spiro atoms. The van der Waals surface area contributed by atoms with Crippen LogP contribution < -0.4 is 0 Å². The molecule has 1 radical (unpaired) electrons. The van der Waals surface area contributed by atoms with Crippen molar-refractivity contribution < 1.29 is 63.1 Å². The predicted octanol–water partition coefficient (Wildman–Crippen LogP) is -0.849. The zero-order valence-corrected chi connectivity index (χ0v) is 6.91. The first kappa shape index (κ1) is 15.8. The Hall–Kier alpha value is 0.343. The van der Waals surface area contributed by atoms with Crippen LogP contribution in [0.25, 0.3) is 0 Å². The summed E-state index contributed by atoms with van der Waals surface area (Å²) in [4.78, 5) is 18.2. The van der Waals surface area contributed by atoms with Crippen molar-refractivity contribution in [2.24, 2.45) is 0 Å².